The van der Waals surface area contributed by atoms with Gasteiger partial charge in [0.1, 0.15) is 5.75 Å². The van der Waals surface area contributed by atoms with Gasteiger partial charge in [0.25, 0.3) is 5.91 Å². The molecule has 0 fully saturated rings. The Bertz CT molecular complexity index is 650. The van der Waals surface area contributed by atoms with Crippen molar-refractivity contribution in [3.63, 3.8) is 0 Å². The summed E-state index contributed by atoms with van der Waals surface area (Å²) in [6.07, 6.45) is -0.520. The lowest BCUT2D eigenvalue weighted by Crippen LogP contribution is -2.40. The van der Waals surface area contributed by atoms with Crippen LogP contribution >= 0.6 is 0 Å². The fourth-order valence-corrected chi connectivity index (χ4v) is 2.56. The summed E-state index contributed by atoms with van der Waals surface area (Å²) in [5, 5.41) is 2.93. The number of rotatable bonds is 7. The van der Waals surface area contributed by atoms with Crippen LogP contribution in [-0.4, -0.2) is 32.1 Å². The molecule has 1 atom stereocenters. The smallest absolute Gasteiger partial charge is 0.260 e. The number of hydrogen-bond donors (Lipinski definition) is 1. The molecule has 0 spiro atoms. The highest BCUT2D eigenvalue weighted by molar-refractivity contribution is 5.80. The Morgan fingerprint density at radius 2 is 1.75 bits per heavy atom. The lowest BCUT2D eigenvalue weighted by molar-refractivity contribution is -0.127. The second-order valence-corrected chi connectivity index (χ2v) is 6.13. The standard InChI is InChI=1S/C20H26N2O2/c1-15-12-16(2)14-19(13-15)24-17(3)20(23)21-10-11-22(4)18-8-6-5-7-9-18/h5-9,12-14,17H,10-11H2,1-4H3,(H,21,23)/t17-/m0/s1. The monoisotopic (exact) mass is 326 g/mol. The molecular formula is C20H26N2O2. The molecule has 2 aromatic rings. The molecule has 1 N–H and O–H groups in total. The van der Waals surface area contributed by atoms with Crippen molar-refractivity contribution in [2.45, 2.75) is 26.9 Å². The third-order valence-electron chi connectivity index (χ3n) is 3.82. The average Bonchev–Trinajstić information content (AvgIpc) is 2.54. The third-order valence-corrected chi connectivity index (χ3v) is 3.82. The van der Waals surface area contributed by atoms with E-state index in [1.807, 2.05) is 63.4 Å². The molecule has 0 bridgehead atoms. The van der Waals surface area contributed by atoms with Crippen LogP contribution in [0.5, 0.6) is 5.75 Å². The maximum Gasteiger partial charge on any atom is 0.260 e. The van der Waals surface area contributed by atoms with E-state index in [0.29, 0.717) is 6.54 Å². The molecule has 4 nitrogen and oxygen atoms in total. The zero-order valence-corrected chi connectivity index (χ0v) is 14.9. The van der Waals surface area contributed by atoms with E-state index >= 15 is 0 Å². The largest absolute Gasteiger partial charge is 0.481 e. The van der Waals surface area contributed by atoms with Gasteiger partial charge in [0.2, 0.25) is 0 Å². The minimum absolute atomic E-state index is 0.101. The van der Waals surface area contributed by atoms with Gasteiger partial charge in [-0.3, -0.25) is 4.79 Å². The van der Waals surface area contributed by atoms with E-state index in [0.717, 1.165) is 29.1 Å². The Balaban J connectivity index is 1.79. The first-order valence-electron chi connectivity index (χ1n) is 8.24. The number of carbonyl (C=O) groups excluding carboxylic acids is 1. The highest BCUT2D eigenvalue weighted by atomic mass is 16.5. The Hall–Kier alpha value is -2.49. The summed E-state index contributed by atoms with van der Waals surface area (Å²) in [5.74, 6) is 0.632. The summed E-state index contributed by atoms with van der Waals surface area (Å²) in [5.41, 5.74) is 3.38. The maximum atomic E-state index is 12.2. The van der Waals surface area contributed by atoms with Crippen molar-refractivity contribution < 1.29 is 9.53 Å². The highest BCUT2D eigenvalue weighted by Gasteiger charge is 2.14. The molecule has 24 heavy (non-hydrogen) atoms. The summed E-state index contributed by atoms with van der Waals surface area (Å²) in [6, 6.07) is 16.1. The predicted molar refractivity (Wildman–Crippen MR) is 98.7 cm³/mol. The van der Waals surface area contributed by atoms with Crippen LogP contribution < -0.4 is 15.0 Å². The molecule has 0 saturated carbocycles. The van der Waals surface area contributed by atoms with Crippen LogP contribution in [0.1, 0.15) is 18.1 Å². The molecule has 0 aromatic heterocycles. The van der Waals surface area contributed by atoms with E-state index in [1.165, 1.54) is 0 Å². The molecule has 0 radical (unpaired) electrons. The molecule has 1 amide bonds. The molecule has 0 unspecified atom stereocenters. The molecule has 2 rings (SSSR count). The minimum Gasteiger partial charge on any atom is -0.481 e. The summed E-state index contributed by atoms with van der Waals surface area (Å²) >= 11 is 0. The molecule has 0 aliphatic rings. The van der Waals surface area contributed by atoms with Gasteiger partial charge in [0.15, 0.2) is 6.10 Å². The molecule has 0 heterocycles. The van der Waals surface area contributed by atoms with Crippen molar-refractivity contribution in [3.8, 4) is 5.75 Å². The zero-order chi connectivity index (χ0) is 17.5. The number of benzene rings is 2. The third kappa shape index (κ3) is 5.30. The SMILES string of the molecule is Cc1cc(C)cc(O[C@@H](C)C(=O)NCCN(C)c2ccccc2)c1. The quantitative estimate of drug-likeness (QED) is 0.848. The second kappa shape index (κ2) is 8.39. The highest BCUT2D eigenvalue weighted by Crippen LogP contribution is 2.17. The summed E-state index contributed by atoms with van der Waals surface area (Å²) in [4.78, 5) is 14.3. The fourth-order valence-electron chi connectivity index (χ4n) is 2.56. The summed E-state index contributed by atoms with van der Waals surface area (Å²) < 4.78 is 5.75. The topological polar surface area (TPSA) is 41.6 Å². The Kier molecular flexibility index (Phi) is 6.24. The van der Waals surface area contributed by atoms with E-state index < -0.39 is 6.10 Å². The molecule has 128 valence electrons. The van der Waals surface area contributed by atoms with Crippen molar-refractivity contribution >= 4 is 11.6 Å². The van der Waals surface area contributed by atoms with Gasteiger partial charge in [-0.15, -0.1) is 0 Å². The van der Waals surface area contributed by atoms with Crippen molar-refractivity contribution in [2.75, 3.05) is 25.0 Å². The Labute approximate surface area is 144 Å². The molecular weight excluding hydrogens is 300 g/mol. The van der Waals surface area contributed by atoms with Crippen molar-refractivity contribution in [1.29, 1.82) is 0 Å². The van der Waals surface area contributed by atoms with Gasteiger partial charge in [-0.25, -0.2) is 0 Å². The Morgan fingerprint density at radius 1 is 1.12 bits per heavy atom. The maximum absolute atomic E-state index is 12.2. The molecule has 0 aliphatic carbocycles. The van der Waals surface area contributed by atoms with Gasteiger partial charge < -0.3 is 15.0 Å². The van der Waals surface area contributed by atoms with E-state index in [9.17, 15) is 4.79 Å². The van der Waals surface area contributed by atoms with Crippen LogP contribution in [0, 0.1) is 13.8 Å². The van der Waals surface area contributed by atoms with Crippen LogP contribution in [0.4, 0.5) is 5.69 Å². The van der Waals surface area contributed by atoms with Gasteiger partial charge in [-0.1, -0.05) is 24.3 Å². The lowest BCUT2D eigenvalue weighted by atomic mass is 10.1. The number of amides is 1. The van der Waals surface area contributed by atoms with Gasteiger partial charge in [0, 0.05) is 25.8 Å². The number of para-hydroxylation sites is 1. The first-order valence-corrected chi connectivity index (χ1v) is 8.24. The second-order valence-electron chi connectivity index (χ2n) is 6.13. The van der Waals surface area contributed by atoms with Gasteiger partial charge in [-0.05, 0) is 56.2 Å². The van der Waals surface area contributed by atoms with Crippen LogP contribution in [0.3, 0.4) is 0 Å². The molecule has 4 heteroatoms. The van der Waals surface area contributed by atoms with Crippen LogP contribution in [0.2, 0.25) is 0 Å². The number of aryl methyl sites for hydroxylation is 2. The molecule has 0 aliphatic heterocycles. The number of likely N-dealkylation sites (N-methyl/N-ethyl adjacent to an activating group) is 1. The first-order chi connectivity index (χ1) is 11.5. The van der Waals surface area contributed by atoms with E-state index in [2.05, 4.69) is 16.3 Å². The van der Waals surface area contributed by atoms with Gasteiger partial charge >= 0.3 is 0 Å². The number of hydrogen-bond acceptors (Lipinski definition) is 3. The van der Waals surface area contributed by atoms with E-state index in [4.69, 9.17) is 4.74 Å². The van der Waals surface area contributed by atoms with Crippen molar-refractivity contribution in [1.82, 2.24) is 5.32 Å². The first kappa shape index (κ1) is 17.9. The number of nitrogens with one attached hydrogen (secondary N) is 1. The van der Waals surface area contributed by atoms with Gasteiger partial charge in [0.05, 0.1) is 0 Å². The van der Waals surface area contributed by atoms with Crippen LogP contribution in [0.25, 0.3) is 0 Å². The average molecular weight is 326 g/mol. The molecule has 0 saturated heterocycles. The molecule has 2 aromatic carbocycles. The number of carbonyl (C=O) groups is 1. The summed E-state index contributed by atoms with van der Waals surface area (Å²) in [6.45, 7) is 7.12. The van der Waals surface area contributed by atoms with Crippen LogP contribution in [-0.2, 0) is 4.79 Å². The lowest BCUT2D eigenvalue weighted by Gasteiger charge is -2.20. The number of ether oxygens (including phenoxy) is 1. The normalized spacial score (nSPS) is 11.7. The predicted octanol–water partition coefficient (Wildman–Crippen LogP) is 3.32. The zero-order valence-electron chi connectivity index (χ0n) is 14.9. The Morgan fingerprint density at radius 3 is 2.38 bits per heavy atom. The fraction of sp³-hybridized carbons (Fsp3) is 0.350. The van der Waals surface area contributed by atoms with E-state index in [1.54, 1.807) is 6.92 Å². The number of nitrogens with zero attached hydrogens (tertiary/aromatic N) is 1. The van der Waals surface area contributed by atoms with Gasteiger partial charge in [-0.2, -0.15) is 0 Å². The van der Waals surface area contributed by atoms with Crippen LogP contribution in [0.15, 0.2) is 48.5 Å². The number of anilines is 1. The van der Waals surface area contributed by atoms with Crippen molar-refractivity contribution in [2.24, 2.45) is 0 Å². The minimum atomic E-state index is -0.520. The van der Waals surface area contributed by atoms with Crippen molar-refractivity contribution in [3.05, 3.63) is 59.7 Å². The van der Waals surface area contributed by atoms with E-state index in [-0.39, 0.29) is 5.91 Å². The summed E-state index contributed by atoms with van der Waals surface area (Å²) in [7, 11) is 2.01.